The van der Waals surface area contributed by atoms with Gasteiger partial charge in [-0.25, -0.2) is 4.79 Å². The first-order valence-corrected chi connectivity index (χ1v) is 7.90. The van der Waals surface area contributed by atoms with Crippen molar-refractivity contribution < 1.29 is 14.3 Å². The van der Waals surface area contributed by atoms with Gasteiger partial charge < -0.3 is 14.4 Å². The molecule has 1 atom stereocenters. The highest BCUT2D eigenvalue weighted by atomic mass is 16.6. The lowest BCUT2D eigenvalue weighted by atomic mass is 9.94. The molecule has 1 aromatic carbocycles. The molecule has 3 rings (SSSR count). The summed E-state index contributed by atoms with van der Waals surface area (Å²) in [5, 5.41) is 0. The monoisotopic (exact) mass is 291 g/mol. The number of hydrogen-bond acceptors (Lipinski definition) is 3. The van der Waals surface area contributed by atoms with Gasteiger partial charge in [0.15, 0.2) is 0 Å². The van der Waals surface area contributed by atoms with Crippen LogP contribution in [0.15, 0.2) is 30.3 Å². The third kappa shape index (κ3) is 4.74. The largest absolute Gasteiger partial charge is 0.445 e. The van der Waals surface area contributed by atoms with Crippen LogP contribution in [-0.2, 0) is 16.1 Å². The number of rotatable bonds is 3. The standard InChI is InChI=1S/C15H19NO3.C2H6/c17-15(19-10-12-4-2-1-3-5-12)16-8-6-13(7-9-16)14-11-18-14;1-2/h1-5,13-14H,6-11H2;1-2H3. The van der Waals surface area contributed by atoms with Gasteiger partial charge in [0.1, 0.15) is 6.61 Å². The number of benzene rings is 1. The zero-order chi connectivity index (χ0) is 15.1. The van der Waals surface area contributed by atoms with Crippen molar-refractivity contribution in [1.82, 2.24) is 4.90 Å². The predicted octanol–water partition coefficient (Wildman–Crippen LogP) is 3.46. The van der Waals surface area contributed by atoms with E-state index < -0.39 is 0 Å². The van der Waals surface area contributed by atoms with Crippen LogP contribution in [-0.4, -0.2) is 36.8 Å². The first-order chi connectivity index (χ1) is 10.3. The van der Waals surface area contributed by atoms with Gasteiger partial charge in [-0.1, -0.05) is 44.2 Å². The Balaban J connectivity index is 0.000000774. The number of piperidine rings is 1. The molecule has 2 aliphatic rings. The van der Waals surface area contributed by atoms with Crippen LogP contribution >= 0.6 is 0 Å². The fraction of sp³-hybridized carbons (Fsp3) is 0.588. The number of likely N-dealkylation sites (tertiary alicyclic amines) is 1. The smallest absolute Gasteiger partial charge is 0.410 e. The van der Waals surface area contributed by atoms with E-state index in [2.05, 4.69) is 0 Å². The molecular weight excluding hydrogens is 266 g/mol. The van der Waals surface area contributed by atoms with Gasteiger partial charge in [-0.15, -0.1) is 0 Å². The van der Waals surface area contributed by atoms with E-state index in [1.165, 1.54) is 0 Å². The highest BCUT2D eigenvalue weighted by Crippen LogP contribution is 2.29. The summed E-state index contributed by atoms with van der Waals surface area (Å²) in [6.45, 7) is 6.84. The fourth-order valence-electron chi connectivity index (χ4n) is 2.59. The van der Waals surface area contributed by atoms with Crippen molar-refractivity contribution in [3.05, 3.63) is 35.9 Å². The number of carbonyl (C=O) groups excluding carboxylic acids is 1. The normalized spacial score (nSPS) is 21.2. The van der Waals surface area contributed by atoms with E-state index in [0.29, 0.717) is 18.6 Å². The SMILES string of the molecule is CC.O=C(OCc1ccccc1)N1CCC(C2CO2)CC1. The number of carbonyl (C=O) groups is 1. The summed E-state index contributed by atoms with van der Waals surface area (Å²) >= 11 is 0. The average molecular weight is 291 g/mol. The highest BCUT2D eigenvalue weighted by Gasteiger charge is 2.35. The molecule has 0 bridgehead atoms. The van der Waals surface area contributed by atoms with Crippen molar-refractivity contribution in [2.24, 2.45) is 5.92 Å². The molecule has 21 heavy (non-hydrogen) atoms. The van der Waals surface area contributed by atoms with E-state index in [0.717, 1.165) is 38.1 Å². The molecule has 1 amide bonds. The van der Waals surface area contributed by atoms with Gasteiger partial charge >= 0.3 is 6.09 Å². The van der Waals surface area contributed by atoms with E-state index in [1.54, 1.807) is 0 Å². The number of ether oxygens (including phenoxy) is 2. The highest BCUT2D eigenvalue weighted by molar-refractivity contribution is 5.67. The van der Waals surface area contributed by atoms with E-state index in [1.807, 2.05) is 49.1 Å². The van der Waals surface area contributed by atoms with Crippen molar-refractivity contribution in [2.45, 2.75) is 39.4 Å². The molecule has 0 aromatic heterocycles. The summed E-state index contributed by atoms with van der Waals surface area (Å²) < 4.78 is 10.6. The topological polar surface area (TPSA) is 42.1 Å². The van der Waals surface area contributed by atoms with Gasteiger partial charge in [-0.05, 0) is 24.3 Å². The summed E-state index contributed by atoms with van der Waals surface area (Å²) in [6, 6.07) is 9.78. The maximum absolute atomic E-state index is 11.9. The molecule has 0 radical (unpaired) electrons. The third-order valence-electron chi connectivity index (χ3n) is 3.89. The molecule has 0 saturated carbocycles. The minimum atomic E-state index is -0.195. The Morgan fingerprint density at radius 1 is 1.24 bits per heavy atom. The van der Waals surface area contributed by atoms with Crippen LogP contribution in [0.1, 0.15) is 32.3 Å². The molecule has 2 saturated heterocycles. The predicted molar refractivity (Wildman–Crippen MR) is 82.0 cm³/mol. The van der Waals surface area contributed by atoms with Crippen LogP contribution in [0.5, 0.6) is 0 Å². The first kappa shape index (κ1) is 15.8. The van der Waals surface area contributed by atoms with E-state index in [9.17, 15) is 4.79 Å². The maximum atomic E-state index is 11.9. The quantitative estimate of drug-likeness (QED) is 0.801. The summed E-state index contributed by atoms with van der Waals surface area (Å²) in [5.41, 5.74) is 1.03. The number of epoxide rings is 1. The molecule has 0 spiro atoms. The van der Waals surface area contributed by atoms with Gasteiger partial charge in [0.25, 0.3) is 0 Å². The molecule has 1 aromatic rings. The summed E-state index contributed by atoms with van der Waals surface area (Å²) in [7, 11) is 0. The number of amides is 1. The van der Waals surface area contributed by atoms with Gasteiger partial charge in [0.2, 0.25) is 0 Å². The molecule has 0 aliphatic carbocycles. The van der Waals surface area contributed by atoms with Crippen LogP contribution < -0.4 is 0 Å². The van der Waals surface area contributed by atoms with Gasteiger partial charge in [-0.2, -0.15) is 0 Å². The van der Waals surface area contributed by atoms with Crippen LogP contribution in [0.25, 0.3) is 0 Å². The van der Waals surface area contributed by atoms with Crippen molar-refractivity contribution in [2.75, 3.05) is 19.7 Å². The maximum Gasteiger partial charge on any atom is 0.410 e. The lowest BCUT2D eigenvalue weighted by Gasteiger charge is -2.30. The van der Waals surface area contributed by atoms with Gasteiger partial charge in [0, 0.05) is 13.1 Å². The molecule has 0 N–H and O–H groups in total. The minimum Gasteiger partial charge on any atom is -0.445 e. The Bertz CT molecular complexity index is 423. The first-order valence-electron chi connectivity index (χ1n) is 7.90. The molecule has 2 aliphatic heterocycles. The average Bonchev–Trinajstić information content (AvgIpc) is 3.41. The van der Waals surface area contributed by atoms with Crippen LogP contribution in [0.3, 0.4) is 0 Å². The molecular formula is C17H25NO3. The van der Waals surface area contributed by atoms with E-state index in [-0.39, 0.29) is 6.09 Å². The van der Waals surface area contributed by atoms with E-state index in [4.69, 9.17) is 9.47 Å². The van der Waals surface area contributed by atoms with Crippen molar-refractivity contribution in [3.63, 3.8) is 0 Å². The van der Waals surface area contributed by atoms with Crippen molar-refractivity contribution in [3.8, 4) is 0 Å². The Kier molecular flexibility index (Phi) is 6.05. The Labute approximate surface area is 127 Å². The second kappa shape index (κ2) is 8.03. The van der Waals surface area contributed by atoms with Crippen LogP contribution in [0.2, 0.25) is 0 Å². The van der Waals surface area contributed by atoms with Crippen LogP contribution in [0.4, 0.5) is 4.79 Å². The zero-order valence-corrected chi connectivity index (χ0v) is 13.0. The summed E-state index contributed by atoms with van der Waals surface area (Å²) in [5.74, 6) is 0.637. The summed E-state index contributed by atoms with van der Waals surface area (Å²) in [6.07, 6.45) is 2.33. The fourth-order valence-corrected chi connectivity index (χ4v) is 2.59. The Hall–Kier alpha value is -1.55. The molecule has 1 unspecified atom stereocenters. The molecule has 4 nitrogen and oxygen atoms in total. The lowest BCUT2D eigenvalue weighted by molar-refractivity contribution is 0.0792. The minimum absolute atomic E-state index is 0.195. The zero-order valence-electron chi connectivity index (χ0n) is 13.0. The Morgan fingerprint density at radius 2 is 1.86 bits per heavy atom. The second-order valence-electron chi connectivity index (χ2n) is 5.24. The third-order valence-corrected chi connectivity index (χ3v) is 3.89. The van der Waals surface area contributed by atoms with Crippen LogP contribution in [0, 0.1) is 5.92 Å². The van der Waals surface area contributed by atoms with E-state index >= 15 is 0 Å². The molecule has 4 heteroatoms. The molecule has 2 heterocycles. The Morgan fingerprint density at radius 3 is 2.43 bits per heavy atom. The van der Waals surface area contributed by atoms with Crippen molar-refractivity contribution in [1.29, 1.82) is 0 Å². The van der Waals surface area contributed by atoms with Crippen molar-refractivity contribution >= 4 is 6.09 Å². The van der Waals surface area contributed by atoms with Gasteiger partial charge in [0.05, 0.1) is 12.7 Å². The number of hydrogen-bond donors (Lipinski definition) is 0. The lowest BCUT2D eigenvalue weighted by Crippen LogP contribution is -2.39. The molecule has 2 fully saturated rings. The number of nitrogens with zero attached hydrogens (tertiary/aromatic N) is 1. The second-order valence-corrected chi connectivity index (χ2v) is 5.24. The summed E-state index contributed by atoms with van der Waals surface area (Å²) in [4.78, 5) is 13.7. The molecule has 116 valence electrons. The van der Waals surface area contributed by atoms with Gasteiger partial charge in [-0.3, -0.25) is 0 Å².